The summed E-state index contributed by atoms with van der Waals surface area (Å²) in [6, 6.07) is 0. The van der Waals surface area contributed by atoms with Gasteiger partial charge in [-0.2, -0.15) is 0 Å². The lowest BCUT2D eigenvalue weighted by Crippen LogP contribution is -2.06. The first-order valence-corrected chi connectivity index (χ1v) is 7.28. The van der Waals surface area contributed by atoms with Gasteiger partial charge in [-0.05, 0) is 6.42 Å². The summed E-state index contributed by atoms with van der Waals surface area (Å²) in [4.78, 5) is 0. The van der Waals surface area contributed by atoms with E-state index in [9.17, 15) is 0 Å². The molecule has 0 saturated carbocycles. The molecule has 0 aromatic carbocycles. The predicted molar refractivity (Wildman–Crippen MR) is 70.8 cm³/mol. The summed E-state index contributed by atoms with van der Waals surface area (Å²) in [5.74, 6) is 0. The molecule has 2 atom stereocenters. The highest BCUT2D eigenvalue weighted by Crippen LogP contribution is 2.12. The SMILES string of the molecule is C(OCC1CO1)C1CO1.CCCCCCCCO. The van der Waals surface area contributed by atoms with Crippen LogP contribution in [0.5, 0.6) is 0 Å². The van der Waals surface area contributed by atoms with Crippen LogP contribution in [0.4, 0.5) is 0 Å². The van der Waals surface area contributed by atoms with Crippen LogP contribution in [0.15, 0.2) is 0 Å². The quantitative estimate of drug-likeness (QED) is 0.483. The zero-order valence-corrected chi connectivity index (χ0v) is 11.6. The Bertz CT molecular complexity index is 161. The lowest BCUT2D eigenvalue weighted by Gasteiger charge is -1.95. The first-order valence-electron chi connectivity index (χ1n) is 7.28. The van der Waals surface area contributed by atoms with Gasteiger partial charge in [-0.15, -0.1) is 0 Å². The van der Waals surface area contributed by atoms with Gasteiger partial charge < -0.3 is 19.3 Å². The summed E-state index contributed by atoms with van der Waals surface area (Å²) >= 11 is 0. The molecule has 0 bridgehead atoms. The van der Waals surface area contributed by atoms with Gasteiger partial charge in [-0.3, -0.25) is 0 Å². The zero-order valence-electron chi connectivity index (χ0n) is 11.6. The summed E-state index contributed by atoms with van der Waals surface area (Å²) in [5.41, 5.74) is 0. The molecular formula is C14H28O4. The maximum atomic E-state index is 8.42. The van der Waals surface area contributed by atoms with Crippen molar-refractivity contribution in [3.63, 3.8) is 0 Å². The molecule has 0 aromatic rings. The molecule has 1 N–H and O–H groups in total. The molecule has 0 amide bonds. The number of ether oxygens (including phenoxy) is 3. The van der Waals surface area contributed by atoms with E-state index >= 15 is 0 Å². The van der Waals surface area contributed by atoms with E-state index in [-0.39, 0.29) is 0 Å². The van der Waals surface area contributed by atoms with Crippen molar-refractivity contribution in [1.29, 1.82) is 0 Å². The molecule has 4 heteroatoms. The first-order chi connectivity index (χ1) is 8.86. The lowest BCUT2D eigenvalue weighted by atomic mass is 10.1. The molecule has 2 heterocycles. The second-order valence-electron chi connectivity index (χ2n) is 4.94. The van der Waals surface area contributed by atoms with Gasteiger partial charge in [-0.25, -0.2) is 0 Å². The topological polar surface area (TPSA) is 54.5 Å². The van der Waals surface area contributed by atoms with E-state index in [1.54, 1.807) is 0 Å². The van der Waals surface area contributed by atoms with Crippen LogP contribution >= 0.6 is 0 Å². The van der Waals surface area contributed by atoms with Gasteiger partial charge >= 0.3 is 0 Å². The summed E-state index contributed by atoms with van der Waals surface area (Å²) in [7, 11) is 0. The van der Waals surface area contributed by atoms with Gasteiger partial charge in [0.25, 0.3) is 0 Å². The van der Waals surface area contributed by atoms with Gasteiger partial charge in [0.05, 0.1) is 26.4 Å². The van der Waals surface area contributed by atoms with E-state index in [1.165, 1.54) is 32.1 Å². The second-order valence-corrected chi connectivity index (χ2v) is 4.94. The number of unbranched alkanes of at least 4 members (excludes halogenated alkanes) is 5. The monoisotopic (exact) mass is 260 g/mol. The highest BCUT2D eigenvalue weighted by Gasteiger charge is 2.26. The fraction of sp³-hybridized carbons (Fsp3) is 1.00. The molecule has 2 aliphatic heterocycles. The lowest BCUT2D eigenvalue weighted by molar-refractivity contribution is 0.102. The van der Waals surface area contributed by atoms with Crippen LogP contribution in [0, 0.1) is 0 Å². The summed E-state index contributed by atoms with van der Waals surface area (Å²) in [6.45, 7) is 5.84. The Hall–Kier alpha value is -0.160. The average molecular weight is 260 g/mol. The Morgan fingerprint density at radius 3 is 1.89 bits per heavy atom. The van der Waals surface area contributed by atoms with Crippen LogP contribution < -0.4 is 0 Å². The summed E-state index contributed by atoms with van der Waals surface area (Å²) in [6.07, 6.45) is 8.28. The Balaban J connectivity index is 0.000000180. The second kappa shape index (κ2) is 10.7. The number of aliphatic hydroxyl groups is 1. The van der Waals surface area contributed by atoms with Crippen molar-refractivity contribution in [2.45, 2.75) is 57.7 Å². The fourth-order valence-electron chi connectivity index (χ4n) is 1.55. The van der Waals surface area contributed by atoms with Crippen LogP contribution in [-0.4, -0.2) is 50.3 Å². The van der Waals surface area contributed by atoms with Crippen molar-refractivity contribution >= 4 is 0 Å². The summed E-state index contributed by atoms with van der Waals surface area (Å²) in [5, 5.41) is 8.42. The maximum Gasteiger partial charge on any atom is 0.104 e. The van der Waals surface area contributed by atoms with Gasteiger partial charge in [0.2, 0.25) is 0 Å². The first kappa shape index (κ1) is 15.9. The molecule has 0 aromatic heterocycles. The van der Waals surface area contributed by atoms with Crippen LogP contribution in [0.25, 0.3) is 0 Å². The fourth-order valence-corrected chi connectivity index (χ4v) is 1.55. The Morgan fingerprint density at radius 2 is 1.44 bits per heavy atom. The third kappa shape index (κ3) is 11.0. The third-order valence-electron chi connectivity index (χ3n) is 2.92. The van der Waals surface area contributed by atoms with Crippen LogP contribution in [0.1, 0.15) is 45.4 Å². The molecule has 2 saturated heterocycles. The standard InChI is InChI=1S/C8H18O.C6H10O3/c1-2-3-4-5-6-7-8-9;1(5-3-8-5)7-2-6-4-9-6/h9H,2-8H2,1H3;5-6H,1-4H2. The van der Waals surface area contributed by atoms with Crippen molar-refractivity contribution in [1.82, 2.24) is 0 Å². The van der Waals surface area contributed by atoms with Crippen molar-refractivity contribution in [2.24, 2.45) is 0 Å². The number of hydrogen-bond donors (Lipinski definition) is 1. The molecule has 2 fully saturated rings. The Labute approximate surface area is 111 Å². The van der Waals surface area contributed by atoms with E-state index in [1.807, 2.05) is 0 Å². The molecule has 0 aliphatic carbocycles. The van der Waals surface area contributed by atoms with Crippen molar-refractivity contribution in [2.75, 3.05) is 33.0 Å². The predicted octanol–water partition coefficient (Wildman–Crippen LogP) is 2.14. The molecule has 4 nitrogen and oxygen atoms in total. The number of aliphatic hydroxyl groups excluding tert-OH is 1. The number of rotatable bonds is 10. The van der Waals surface area contributed by atoms with Crippen LogP contribution in [-0.2, 0) is 14.2 Å². The van der Waals surface area contributed by atoms with E-state index in [4.69, 9.17) is 19.3 Å². The maximum absolute atomic E-state index is 8.42. The highest BCUT2D eigenvalue weighted by molar-refractivity contribution is 4.71. The van der Waals surface area contributed by atoms with Crippen molar-refractivity contribution < 1.29 is 19.3 Å². The third-order valence-corrected chi connectivity index (χ3v) is 2.92. The number of epoxide rings is 2. The summed E-state index contributed by atoms with van der Waals surface area (Å²) < 4.78 is 15.1. The minimum Gasteiger partial charge on any atom is -0.396 e. The average Bonchev–Trinajstić information content (AvgIpc) is 3.24. The van der Waals surface area contributed by atoms with E-state index in [2.05, 4.69) is 6.92 Å². The minimum atomic E-state index is 0.367. The molecule has 2 aliphatic rings. The van der Waals surface area contributed by atoms with Crippen LogP contribution in [0.3, 0.4) is 0 Å². The van der Waals surface area contributed by atoms with Gasteiger partial charge in [0, 0.05) is 6.61 Å². The van der Waals surface area contributed by atoms with Gasteiger partial charge in [0.15, 0.2) is 0 Å². The Morgan fingerprint density at radius 1 is 0.944 bits per heavy atom. The van der Waals surface area contributed by atoms with Crippen LogP contribution in [0.2, 0.25) is 0 Å². The van der Waals surface area contributed by atoms with E-state index in [0.717, 1.165) is 32.8 Å². The number of hydrogen-bond acceptors (Lipinski definition) is 4. The molecule has 108 valence electrons. The van der Waals surface area contributed by atoms with Crippen molar-refractivity contribution in [3.8, 4) is 0 Å². The van der Waals surface area contributed by atoms with Gasteiger partial charge in [0.1, 0.15) is 12.2 Å². The molecule has 0 spiro atoms. The largest absolute Gasteiger partial charge is 0.396 e. The highest BCUT2D eigenvalue weighted by atomic mass is 16.6. The molecule has 0 radical (unpaired) electrons. The molecule has 18 heavy (non-hydrogen) atoms. The molecule has 2 unspecified atom stereocenters. The minimum absolute atomic E-state index is 0.367. The normalized spacial score (nSPS) is 24.3. The van der Waals surface area contributed by atoms with E-state index < -0.39 is 0 Å². The van der Waals surface area contributed by atoms with Gasteiger partial charge in [-0.1, -0.05) is 39.0 Å². The zero-order chi connectivity index (χ0) is 13.1. The molecule has 2 rings (SSSR count). The van der Waals surface area contributed by atoms with Crippen molar-refractivity contribution in [3.05, 3.63) is 0 Å². The molecular weight excluding hydrogens is 232 g/mol. The van der Waals surface area contributed by atoms with E-state index in [0.29, 0.717) is 18.8 Å². The smallest absolute Gasteiger partial charge is 0.104 e. The Kier molecular flexibility index (Phi) is 9.48.